The van der Waals surface area contributed by atoms with Gasteiger partial charge in [-0.15, -0.1) is 0 Å². The molecule has 0 aliphatic rings. The minimum absolute atomic E-state index is 0.109. The first-order valence-electron chi connectivity index (χ1n) is 7.39. The first kappa shape index (κ1) is 18.3. The van der Waals surface area contributed by atoms with E-state index < -0.39 is 0 Å². The Hall–Kier alpha value is -2.04. The summed E-state index contributed by atoms with van der Waals surface area (Å²) in [4.78, 5) is 25.8. The summed E-state index contributed by atoms with van der Waals surface area (Å²) in [7, 11) is 0. The first-order chi connectivity index (χ1) is 11.3. The molecule has 2 amide bonds. The summed E-state index contributed by atoms with van der Waals surface area (Å²) >= 11 is 12.0. The molecule has 0 bridgehead atoms. The van der Waals surface area contributed by atoms with E-state index in [1.807, 2.05) is 32.0 Å². The Bertz CT molecular complexity index is 791. The first-order valence-corrected chi connectivity index (χ1v) is 8.14. The fourth-order valence-electron chi connectivity index (χ4n) is 2.31. The Balaban J connectivity index is 2.22. The maximum absolute atomic E-state index is 12.4. The van der Waals surface area contributed by atoms with Crippen molar-refractivity contribution in [1.29, 1.82) is 0 Å². The summed E-state index contributed by atoms with van der Waals surface area (Å²) in [5, 5.41) is 3.32. The molecular weight excluding hydrogens is 347 g/mol. The molecule has 24 heavy (non-hydrogen) atoms. The number of anilines is 2. The van der Waals surface area contributed by atoms with Crippen LogP contribution in [0.3, 0.4) is 0 Å². The van der Waals surface area contributed by atoms with E-state index in [-0.39, 0.29) is 23.4 Å². The lowest BCUT2D eigenvalue weighted by molar-refractivity contribution is -0.120. The van der Waals surface area contributed by atoms with Crippen LogP contribution in [0.4, 0.5) is 11.4 Å². The Labute approximate surface area is 151 Å². The average Bonchev–Trinajstić information content (AvgIpc) is 2.52. The van der Waals surface area contributed by atoms with Gasteiger partial charge in [0.25, 0.3) is 0 Å². The number of nitrogens with zero attached hydrogens (tertiary/aromatic N) is 1. The molecular formula is C18H18Cl2N2O2. The van der Waals surface area contributed by atoms with Gasteiger partial charge < -0.3 is 10.2 Å². The highest BCUT2D eigenvalue weighted by atomic mass is 35.5. The van der Waals surface area contributed by atoms with E-state index in [2.05, 4.69) is 5.32 Å². The second kappa shape index (κ2) is 7.69. The number of halogens is 2. The van der Waals surface area contributed by atoms with Crippen molar-refractivity contribution in [3.05, 3.63) is 57.6 Å². The van der Waals surface area contributed by atoms with Crippen LogP contribution in [-0.2, 0) is 9.59 Å². The molecule has 0 saturated carbocycles. The lowest BCUT2D eigenvalue weighted by atomic mass is 10.1. The van der Waals surface area contributed by atoms with Crippen LogP contribution in [0, 0.1) is 13.8 Å². The summed E-state index contributed by atoms with van der Waals surface area (Å²) in [6.45, 7) is 5.16. The third-order valence-corrected chi connectivity index (χ3v) is 4.38. The smallest absolute Gasteiger partial charge is 0.244 e. The van der Waals surface area contributed by atoms with Gasteiger partial charge in [0.1, 0.15) is 6.54 Å². The summed E-state index contributed by atoms with van der Waals surface area (Å²) < 4.78 is 0. The normalized spacial score (nSPS) is 10.4. The zero-order valence-corrected chi connectivity index (χ0v) is 15.2. The van der Waals surface area contributed by atoms with Crippen molar-refractivity contribution in [1.82, 2.24) is 0 Å². The van der Waals surface area contributed by atoms with Crippen LogP contribution in [0.1, 0.15) is 18.1 Å². The number of hydrogen-bond acceptors (Lipinski definition) is 2. The van der Waals surface area contributed by atoms with Gasteiger partial charge in [-0.25, -0.2) is 0 Å². The maximum Gasteiger partial charge on any atom is 0.244 e. The molecule has 0 fully saturated rings. The second-order valence-corrected chi connectivity index (χ2v) is 6.33. The van der Waals surface area contributed by atoms with Gasteiger partial charge in [-0.1, -0.05) is 41.4 Å². The molecule has 0 heterocycles. The molecule has 4 nitrogen and oxygen atoms in total. The van der Waals surface area contributed by atoms with Gasteiger partial charge in [0.05, 0.1) is 15.7 Å². The Kier molecular flexibility index (Phi) is 5.86. The summed E-state index contributed by atoms with van der Waals surface area (Å²) in [6, 6.07) is 10.8. The molecule has 126 valence electrons. The van der Waals surface area contributed by atoms with Crippen molar-refractivity contribution in [2.24, 2.45) is 0 Å². The number of carbonyl (C=O) groups is 2. The van der Waals surface area contributed by atoms with E-state index in [0.29, 0.717) is 10.7 Å². The summed E-state index contributed by atoms with van der Waals surface area (Å²) in [5.41, 5.74) is 3.07. The van der Waals surface area contributed by atoms with Crippen LogP contribution >= 0.6 is 23.2 Å². The molecule has 0 aliphatic carbocycles. The highest BCUT2D eigenvalue weighted by molar-refractivity contribution is 6.44. The van der Waals surface area contributed by atoms with Gasteiger partial charge in [0.15, 0.2) is 0 Å². The molecule has 0 unspecified atom stereocenters. The second-order valence-electron chi connectivity index (χ2n) is 5.54. The number of benzene rings is 2. The molecule has 2 aromatic carbocycles. The van der Waals surface area contributed by atoms with Crippen molar-refractivity contribution >= 4 is 46.4 Å². The van der Waals surface area contributed by atoms with Crippen LogP contribution in [0.25, 0.3) is 0 Å². The summed E-state index contributed by atoms with van der Waals surface area (Å²) in [6.07, 6.45) is 0. The quantitative estimate of drug-likeness (QED) is 0.861. The van der Waals surface area contributed by atoms with Crippen LogP contribution in [0.2, 0.25) is 10.0 Å². The number of aryl methyl sites for hydroxylation is 2. The number of rotatable bonds is 4. The van der Waals surface area contributed by atoms with Crippen LogP contribution < -0.4 is 10.2 Å². The third-order valence-electron chi connectivity index (χ3n) is 3.56. The molecule has 0 aromatic heterocycles. The number of hydrogen-bond donors (Lipinski definition) is 1. The van der Waals surface area contributed by atoms with Gasteiger partial charge in [-0.3, -0.25) is 9.59 Å². The molecule has 0 saturated heterocycles. The minimum Gasteiger partial charge on any atom is -0.323 e. The van der Waals surface area contributed by atoms with E-state index >= 15 is 0 Å². The molecule has 1 N–H and O–H groups in total. The number of nitrogens with one attached hydrogen (secondary N) is 1. The highest BCUT2D eigenvalue weighted by Crippen LogP contribution is 2.29. The number of carbonyl (C=O) groups excluding carboxylic acids is 2. The van der Waals surface area contributed by atoms with Crippen molar-refractivity contribution < 1.29 is 9.59 Å². The molecule has 6 heteroatoms. The third kappa shape index (κ3) is 4.28. The standard InChI is InChI=1S/C18H18Cl2N2O2/c1-11-7-8-12(2)16(9-11)22(13(3)23)10-17(24)21-15-6-4-5-14(19)18(15)20/h4-9H,10H2,1-3H3,(H,21,24). The number of amides is 2. The highest BCUT2D eigenvalue weighted by Gasteiger charge is 2.18. The summed E-state index contributed by atoms with van der Waals surface area (Å²) in [5.74, 6) is -0.564. The molecule has 2 aromatic rings. The van der Waals surface area contributed by atoms with Crippen LogP contribution in [0.15, 0.2) is 36.4 Å². The molecule has 0 radical (unpaired) electrons. The molecule has 0 aliphatic heterocycles. The van der Waals surface area contributed by atoms with Crippen molar-refractivity contribution in [3.63, 3.8) is 0 Å². The SMILES string of the molecule is CC(=O)N(CC(=O)Nc1cccc(Cl)c1Cl)c1cc(C)ccc1C. The van der Waals surface area contributed by atoms with Gasteiger partial charge in [-0.2, -0.15) is 0 Å². The minimum atomic E-state index is -0.352. The van der Waals surface area contributed by atoms with E-state index in [9.17, 15) is 9.59 Å². The lowest BCUT2D eigenvalue weighted by Gasteiger charge is -2.23. The van der Waals surface area contributed by atoms with Gasteiger partial charge in [0, 0.05) is 12.6 Å². The van der Waals surface area contributed by atoms with Gasteiger partial charge >= 0.3 is 0 Å². The Morgan fingerprint density at radius 2 is 1.83 bits per heavy atom. The van der Waals surface area contributed by atoms with E-state index in [0.717, 1.165) is 16.8 Å². The van der Waals surface area contributed by atoms with E-state index in [1.165, 1.54) is 11.8 Å². The van der Waals surface area contributed by atoms with Crippen LogP contribution in [-0.4, -0.2) is 18.4 Å². The van der Waals surface area contributed by atoms with E-state index in [1.54, 1.807) is 18.2 Å². The maximum atomic E-state index is 12.4. The average molecular weight is 365 g/mol. The topological polar surface area (TPSA) is 49.4 Å². The molecule has 2 rings (SSSR count). The van der Waals surface area contributed by atoms with Crippen LogP contribution in [0.5, 0.6) is 0 Å². The molecule has 0 atom stereocenters. The monoisotopic (exact) mass is 364 g/mol. The van der Waals surface area contributed by atoms with Crippen molar-refractivity contribution in [2.75, 3.05) is 16.8 Å². The van der Waals surface area contributed by atoms with Crippen molar-refractivity contribution in [2.45, 2.75) is 20.8 Å². The van der Waals surface area contributed by atoms with E-state index in [4.69, 9.17) is 23.2 Å². The predicted molar refractivity (Wildman–Crippen MR) is 99.0 cm³/mol. The largest absolute Gasteiger partial charge is 0.323 e. The fourth-order valence-corrected chi connectivity index (χ4v) is 2.66. The Morgan fingerprint density at radius 3 is 2.50 bits per heavy atom. The Morgan fingerprint density at radius 1 is 1.12 bits per heavy atom. The van der Waals surface area contributed by atoms with Gasteiger partial charge in [-0.05, 0) is 43.2 Å². The lowest BCUT2D eigenvalue weighted by Crippen LogP contribution is -2.37. The predicted octanol–water partition coefficient (Wildman–Crippen LogP) is 4.60. The molecule has 0 spiro atoms. The zero-order valence-electron chi connectivity index (χ0n) is 13.7. The fraction of sp³-hybridized carbons (Fsp3) is 0.222. The zero-order chi connectivity index (χ0) is 17.9. The van der Waals surface area contributed by atoms with Crippen molar-refractivity contribution in [3.8, 4) is 0 Å². The van der Waals surface area contributed by atoms with Gasteiger partial charge in [0.2, 0.25) is 11.8 Å².